The number of hydrogen-bond acceptors (Lipinski definition) is 10. The Morgan fingerprint density at radius 3 is 1.13 bits per heavy atom. The Morgan fingerprint density at radius 1 is 0.382 bits per heavy atom. The van der Waals surface area contributed by atoms with Crippen molar-refractivity contribution in [3.8, 4) is 0 Å². The smallest absolute Gasteiger partial charge is 0.462 e. The minimum Gasteiger partial charge on any atom is -0.462 e. The highest BCUT2D eigenvalue weighted by atomic mass is 31.2. The van der Waals surface area contributed by atoms with Crippen LogP contribution in [0.3, 0.4) is 0 Å². The number of carbonyl (C=O) groups excluding carboxylic acids is 3. The Labute approximate surface area is 462 Å². The quantitative estimate of drug-likeness (QED) is 0.0197. The molecule has 432 valence electrons. The fraction of sp³-hybridized carbons (Fsp3) is 0.641. The molecule has 0 aromatic heterocycles. The molecule has 0 bridgehead atoms. The molecule has 12 heteroatoms. The Hall–Kier alpha value is -4.12. The van der Waals surface area contributed by atoms with Gasteiger partial charge in [-0.2, -0.15) is 0 Å². The number of phosphoric acid groups is 1. The number of aliphatic hydroxyl groups is 1. The van der Waals surface area contributed by atoms with Crippen LogP contribution in [-0.4, -0.2) is 66.5 Å². The monoisotopic (exact) mass is 1080 g/mol. The van der Waals surface area contributed by atoms with Crippen LogP contribution >= 0.6 is 7.82 Å². The molecular weight excluding hydrogens is 976 g/mol. The van der Waals surface area contributed by atoms with Crippen LogP contribution in [-0.2, 0) is 42.2 Å². The number of unbranched alkanes of at least 4 members (excludes halogenated alkanes) is 16. The number of aliphatic hydroxyl groups excluding tert-OH is 1. The third-order valence-corrected chi connectivity index (χ3v) is 12.8. The maximum atomic E-state index is 12.9. The number of hydrogen-bond donors (Lipinski definition) is 2. The molecule has 3 unspecified atom stereocenters. The van der Waals surface area contributed by atoms with Crippen LogP contribution in [0.5, 0.6) is 0 Å². The summed E-state index contributed by atoms with van der Waals surface area (Å²) < 4.78 is 39.4. The Kier molecular flexibility index (Phi) is 54.0. The van der Waals surface area contributed by atoms with E-state index in [1.807, 2.05) is 12.2 Å². The molecule has 2 N–H and O–H groups in total. The fourth-order valence-corrected chi connectivity index (χ4v) is 8.27. The topological polar surface area (TPSA) is 155 Å². The minimum atomic E-state index is -4.78. The molecule has 0 aliphatic heterocycles. The van der Waals surface area contributed by atoms with Gasteiger partial charge in [-0.3, -0.25) is 23.4 Å². The second kappa shape index (κ2) is 57.1. The van der Waals surface area contributed by atoms with Crippen LogP contribution in [0.1, 0.15) is 226 Å². The van der Waals surface area contributed by atoms with Crippen molar-refractivity contribution in [1.29, 1.82) is 0 Å². The molecule has 0 aromatic rings. The fourth-order valence-electron chi connectivity index (χ4n) is 7.49. The van der Waals surface area contributed by atoms with Crippen molar-refractivity contribution in [1.82, 2.24) is 0 Å². The predicted octanol–water partition coefficient (Wildman–Crippen LogP) is 17.6. The van der Waals surface area contributed by atoms with Gasteiger partial charge in [0.05, 0.1) is 19.8 Å². The summed E-state index contributed by atoms with van der Waals surface area (Å²) in [6.45, 7) is 4.30. The molecule has 0 heterocycles. The maximum absolute atomic E-state index is 12.9. The van der Waals surface area contributed by atoms with Gasteiger partial charge in [0.1, 0.15) is 12.7 Å². The van der Waals surface area contributed by atoms with Gasteiger partial charge in [-0.25, -0.2) is 4.57 Å². The van der Waals surface area contributed by atoms with E-state index in [2.05, 4.69) is 130 Å². The zero-order valence-electron chi connectivity index (χ0n) is 47.7. The molecule has 0 saturated carbocycles. The van der Waals surface area contributed by atoms with E-state index >= 15 is 0 Å². The van der Waals surface area contributed by atoms with Crippen LogP contribution in [0, 0.1) is 0 Å². The van der Waals surface area contributed by atoms with Gasteiger partial charge in [0.15, 0.2) is 6.10 Å². The lowest BCUT2D eigenvalue weighted by Gasteiger charge is -2.21. The van der Waals surface area contributed by atoms with E-state index in [4.69, 9.17) is 23.3 Å². The Morgan fingerprint density at radius 2 is 0.711 bits per heavy atom. The minimum absolute atomic E-state index is 0.0314. The van der Waals surface area contributed by atoms with Crippen molar-refractivity contribution >= 4 is 25.7 Å². The molecule has 76 heavy (non-hydrogen) atoms. The molecule has 0 saturated heterocycles. The predicted molar refractivity (Wildman–Crippen MR) is 316 cm³/mol. The molecule has 0 radical (unpaired) electrons. The normalized spacial score (nSPS) is 14.2. The van der Waals surface area contributed by atoms with Crippen molar-refractivity contribution in [3.05, 3.63) is 122 Å². The molecule has 0 rings (SSSR count). The zero-order valence-corrected chi connectivity index (χ0v) is 48.6. The van der Waals surface area contributed by atoms with Crippen LogP contribution in [0.4, 0.5) is 0 Å². The van der Waals surface area contributed by atoms with Gasteiger partial charge in [0, 0.05) is 19.3 Å². The highest BCUT2D eigenvalue weighted by molar-refractivity contribution is 7.47. The van der Waals surface area contributed by atoms with Gasteiger partial charge < -0.3 is 24.2 Å². The maximum Gasteiger partial charge on any atom is 0.472 e. The van der Waals surface area contributed by atoms with Crippen molar-refractivity contribution in [2.45, 2.75) is 238 Å². The number of esters is 3. The summed E-state index contributed by atoms with van der Waals surface area (Å²) in [6.07, 6.45) is 70.3. The highest BCUT2D eigenvalue weighted by Gasteiger charge is 2.28. The SMILES string of the molecule is CC/C=C\C/C=C\C/C=C\C/C=C\C/C=C\C/C=C\CCC(=O)OC(COC(=O)CCCCCC/C=C\C/C=C\C/C=C\C/C=C\CC)COP(=O)(O)OCC(CO)OC(=O)CCCCCCCCCCCCCCC. The van der Waals surface area contributed by atoms with Gasteiger partial charge >= 0.3 is 25.7 Å². The first-order chi connectivity index (χ1) is 37.2. The second-order valence-corrected chi connectivity index (χ2v) is 20.5. The second-order valence-electron chi connectivity index (χ2n) is 19.0. The van der Waals surface area contributed by atoms with E-state index in [9.17, 15) is 28.9 Å². The molecule has 0 spiro atoms. The van der Waals surface area contributed by atoms with Crippen molar-refractivity contribution in [3.63, 3.8) is 0 Å². The van der Waals surface area contributed by atoms with Crippen LogP contribution in [0.25, 0.3) is 0 Å². The number of phosphoric ester groups is 1. The zero-order chi connectivity index (χ0) is 55.5. The van der Waals surface area contributed by atoms with Crippen LogP contribution in [0.15, 0.2) is 122 Å². The number of allylic oxidation sites excluding steroid dienone is 20. The first-order valence-corrected chi connectivity index (χ1v) is 30.9. The van der Waals surface area contributed by atoms with Gasteiger partial charge in [0.25, 0.3) is 0 Å². The third-order valence-electron chi connectivity index (χ3n) is 11.9. The van der Waals surface area contributed by atoms with E-state index < -0.39 is 57.8 Å². The van der Waals surface area contributed by atoms with E-state index in [-0.39, 0.29) is 25.9 Å². The summed E-state index contributed by atoms with van der Waals surface area (Å²) in [7, 11) is -4.78. The summed E-state index contributed by atoms with van der Waals surface area (Å²) in [6, 6.07) is 0. The molecule has 0 fully saturated rings. The molecule has 0 amide bonds. The van der Waals surface area contributed by atoms with Gasteiger partial charge in [-0.1, -0.05) is 232 Å². The molecule has 0 aliphatic rings. The van der Waals surface area contributed by atoms with E-state index in [0.29, 0.717) is 25.7 Å². The summed E-state index contributed by atoms with van der Waals surface area (Å²) in [5.74, 6) is -1.60. The largest absolute Gasteiger partial charge is 0.472 e. The van der Waals surface area contributed by atoms with Crippen molar-refractivity contribution in [2.75, 3.05) is 26.4 Å². The van der Waals surface area contributed by atoms with Gasteiger partial charge in [0.2, 0.25) is 0 Å². The standard InChI is InChI=1S/C64H105O11P/c1-4-7-10-13-16-19-22-25-27-29-30-32-34-37-40-43-46-49-52-55-64(68)75-61(57-71-62(66)53-50-47-44-41-38-36-33-31-28-26-23-20-17-14-11-8-5-2)59-73-76(69,70)72-58-60(56-65)74-63(67)54-51-48-45-42-39-35-24-21-18-15-12-9-6-3/h7-8,10-11,16-17,19-20,25-28,30,32-33,36-37,40,46,49,60-61,65H,4-6,9,12-15,18,21-24,29,31,34-35,38-39,41-45,47-48,50-59H2,1-3H3,(H,69,70)/b10-7-,11-8-,19-16-,20-17-,27-25-,28-26-,32-30-,36-33-,40-37-,49-46-. The average molecular weight is 1080 g/mol. The molecule has 3 atom stereocenters. The summed E-state index contributed by atoms with van der Waals surface area (Å²) in [5, 5.41) is 9.81. The van der Waals surface area contributed by atoms with Crippen molar-refractivity contribution in [2.24, 2.45) is 0 Å². The lowest BCUT2D eigenvalue weighted by atomic mass is 10.0. The first-order valence-electron chi connectivity index (χ1n) is 29.4. The van der Waals surface area contributed by atoms with Crippen LogP contribution < -0.4 is 0 Å². The summed E-state index contributed by atoms with van der Waals surface area (Å²) >= 11 is 0. The average Bonchev–Trinajstić information content (AvgIpc) is 3.41. The van der Waals surface area contributed by atoms with Gasteiger partial charge in [-0.05, 0) is 96.3 Å². The molecule has 11 nitrogen and oxygen atoms in total. The summed E-state index contributed by atoms with van der Waals surface area (Å²) in [5.41, 5.74) is 0. The summed E-state index contributed by atoms with van der Waals surface area (Å²) in [4.78, 5) is 48.5. The van der Waals surface area contributed by atoms with E-state index in [1.165, 1.54) is 57.8 Å². The lowest BCUT2D eigenvalue weighted by Crippen LogP contribution is -2.30. The van der Waals surface area contributed by atoms with E-state index in [0.717, 1.165) is 103 Å². The molecule has 0 aromatic carbocycles. The van der Waals surface area contributed by atoms with Gasteiger partial charge in [-0.15, -0.1) is 0 Å². The Balaban J connectivity index is 4.89. The van der Waals surface area contributed by atoms with E-state index in [1.54, 1.807) is 0 Å². The third kappa shape index (κ3) is 54.7. The highest BCUT2D eigenvalue weighted by Crippen LogP contribution is 2.43. The number of rotatable bonds is 53. The first kappa shape index (κ1) is 71.9. The molecule has 0 aliphatic carbocycles. The number of ether oxygens (including phenoxy) is 3. The number of carbonyl (C=O) groups is 3. The van der Waals surface area contributed by atoms with Crippen molar-refractivity contribution < 1.29 is 52.2 Å². The Bertz CT molecular complexity index is 1740. The van der Waals surface area contributed by atoms with Crippen LogP contribution in [0.2, 0.25) is 0 Å². The molecular formula is C64H105O11P. The lowest BCUT2D eigenvalue weighted by molar-refractivity contribution is -0.161.